The third-order valence-corrected chi connectivity index (χ3v) is 8.89. The standard InChI is InChI=1S/C30H40F6N2O4/c1-26(2,3)42-24(39)23-20(18-8-10-29(32,33)11-9-18)6-7-22(31)21(23)14-41-13-19-12-37-15-28(19)16-38(17-28)25(40)27(4,5)30(34,35)36/h6-7,18-19,37H,8-17H2,1-5H3/t19-/m0/s1. The Bertz CT molecular complexity index is 1180. The van der Waals surface area contributed by atoms with Crippen molar-refractivity contribution < 1.29 is 45.4 Å². The molecule has 1 amide bonds. The van der Waals surface area contributed by atoms with Crippen LogP contribution in [0.3, 0.4) is 0 Å². The van der Waals surface area contributed by atoms with Crippen molar-refractivity contribution in [2.75, 3.05) is 32.8 Å². The molecule has 236 valence electrons. The van der Waals surface area contributed by atoms with Gasteiger partial charge < -0.3 is 19.7 Å². The van der Waals surface area contributed by atoms with E-state index in [1.54, 1.807) is 20.8 Å². The van der Waals surface area contributed by atoms with Gasteiger partial charge in [0.25, 0.3) is 0 Å². The molecule has 3 aliphatic rings. The average Bonchev–Trinajstić information content (AvgIpc) is 3.26. The number of hydrogen-bond acceptors (Lipinski definition) is 5. The molecule has 0 aromatic heterocycles. The highest BCUT2D eigenvalue weighted by molar-refractivity contribution is 5.93. The first kappa shape index (κ1) is 32.6. The van der Waals surface area contributed by atoms with E-state index in [1.165, 1.54) is 17.0 Å². The van der Waals surface area contributed by atoms with Crippen molar-refractivity contribution in [1.29, 1.82) is 0 Å². The first-order chi connectivity index (χ1) is 19.3. The van der Waals surface area contributed by atoms with E-state index >= 15 is 4.39 Å². The molecule has 1 spiro atoms. The summed E-state index contributed by atoms with van der Waals surface area (Å²) in [5.74, 6) is -5.72. The van der Waals surface area contributed by atoms with Gasteiger partial charge in [-0.3, -0.25) is 4.79 Å². The zero-order chi connectivity index (χ0) is 31.3. The smallest absolute Gasteiger partial charge is 0.402 e. The zero-order valence-corrected chi connectivity index (χ0v) is 24.7. The maximum Gasteiger partial charge on any atom is 0.402 e. The lowest BCUT2D eigenvalue weighted by atomic mass is 9.70. The SMILES string of the molecule is CC(C)(C)OC(=O)c1c(C2CCC(F)(F)CC2)ccc(F)c1COC[C@@H]1CNCC12CN(C(=O)C(C)(C)C(F)(F)F)C2. The summed E-state index contributed by atoms with van der Waals surface area (Å²) >= 11 is 0. The number of rotatable bonds is 7. The van der Waals surface area contributed by atoms with E-state index in [4.69, 9.17) is 9.47 Å². The van der Waals surface area contributed by atoms with Crippen molar-refractivity contribution >= 4 is 11.9 Å². The first-order valence-electron chi connectivity index (χ1n) is 14.3. The van der Waals surface area contributed by atoms with E-state index in [-0.39, 0.29) is 74.9 Å². The summed E-state index contributed by atoms with van der Waals surface area (Å²) in [4.78, 5) is 27.1. The van der Waals surface area contributed by atoms with Gasteiger partial charge in [0.1, 0.15) is 16.8 Å². The largest absolute Gasteiger partial charge is 0.456 e. The van der Waals surface area contributed by atoms with Crippen LogP contribution in [0.25, 0.3) is 0 Å². The fraction of sp³-hybridized carbons (Fsp3) is 0.733. The second kappa shape index (κ2) is 11.3. The van der Waals surface area contributed by atoms with Crippen molar-refractivity contribution in [3.8, 4) is 0 Å². The van der Waals surface area contributed by atoms with Gasteiger partial charge in [-0.05, 0) is 65.0 Å². The van der Waals surface area contributed by atoms with Crippen LogP contribution in [0.5, 0.6) is 0 Å². The Labute approximate surface area is 242 Å². The van der Waals surface area contributed by atoms with E-state index in [9.17, 15) is 31.5 Å². The fourth-order valence-corrected chi connectivity index (χ4v) is 6.18. The van der Waals surface area contributed by atoms with Crippen molar-refractivity contribution in [3.63, 3.8) is 0 Å². The zero-order valence-electron chi connectivity index (χ0n) is 24.7. The van der Waals surface area contributed by atoms with Gasteiger partial charge in [0, 0.05) is 55.9 Å². The number of carbonyl (C=O) groups excluding carboxylic acids is 2. The van der Waals surface area contributed by atoms with E-state index in [2.05, 4.69) is 5.32 Å². The Morgan fingerprint density at radius 1 is 1.05 bits per heavy atom. The minimum atomic E-state index is -4.67. The first-order valence-corrected chi connectivity index (χ1v) is 14.3. The molecule has 1 aromatic carbocycles. The highest BCUT2D eigenvalue weighted by Gasteiger charge is 2.60. The Morgan fingerprint density at radius 3 is 2.24 bits per heavy atom. The molecule has 2 saturated heterocycles. The molecule has 6 nitrogen and oxygen atoms in total. The lowest BCUT2D eigenvalue weighted by Gasteiger charge is -2.52. The van der Waals surface area contributed by atoms with E-state index in [1.807, 2.05) is 0 Å². The number of likely N-dealkylation sites (tertiary alicyclic amines) is 1. The molecule has 1 saturated carbocycles. The number of benzene rings is 1. The average molecular weight is 607 g/mol. The van der Waals surface area contributed by atoms with Crippen LogP contribution in [0.15, 0.2) is 12.1 Å². The molecule has 4 rings (SSSR count). The second-order valence-corrected chi connectivity index (χ2v) is 13.6. The predicted molar refractivity (Wildman–Crippen MR) is 143 cm³/mol. The van der Waals surface area contributed by atoms with Gasteiger partial charge in [-0.1, -0.05) is 6.07 Å². The number of hydrogen-bond donors (Lipinski definition) is 1. The lowest BCUT2D eigenvalue weighted by Crippen LogP contribution is -2.65. The number of amides is 1. The van der Waals surface area contributed by atoms with Crippen molar-refractivity contribution in [1.82, 2.24) is 10.2 Å². The Hall–Kier alpha value is -2.34. The number of ether oxygens (including phenoxy) is 2. The van der Waals surface area contributed by atoms with Crippen LogP contribution in [0.1, 0.15) is 87.7 Å². The van der Waals surface area contributed by atoms with Crippen molar-refractivity contribution in [3.05, 3.63) is 34.6 Å². The summed E-state index contributed by atoms with van der Waals surface area (Å²) < 4.78 is 94.7. The summed E-state index contributed by atoms with van der Waals surface area (Å²) in [7, 11) is 0. The van der Waals surface area contributed by atoms with E-state index in [0.717, 1.165) is 13.8 Å². The molecule has 0 bridgehead atoms. The summed E-state index contributed by atoms with van der Waals surface area (Å²) in [5, 5.41) is 3.22. The second-order valence-electron chi connectivity index (χ2n) is 13.6. The van der Waals surface area contributed by atoms with Crippen LogP contribution < -0.4 is 5.32 Å². The topological polar surface area (TPSA) is 67.9 Å². The van der Waals surface area contributed by atoms with Crippen LogP contribution in [0.4, 0.5) is 26.3 Å². The van der Waals surface area contributed by atoms with Gasteiger partial charge >= 0.3 is 12.1 Å². The molecule has 0 radical (unpaired) electrons. The Kier molecular flexibility index (Phi) is 8.76. The Morgan fingerprint density at radius 2 is 1.67 bits per heavy atom. The van der Waals surface area contributed by atoms with Gasteiger partial charge in [-0.25, -0.2) is 18.0 Å². The number of carbonyl (C=O) groups is 2. The summed E-state index contributed by atoms with van der Waals surface area (Å²) in [6.45, 7) is 7.90. The summed E-state index contributed by atoms with van der Waals surface area (Å²) in [6.07, 6.45) is -5.04. The number of alkyl halides is 5. The lowest BCUT2D eigenvalue weighted by molar-refractivity contribution is -0.223. The summed E-state index contributed by atoms with van der Waals surface area (Å²) in [6, 6.07) is 2.68. The van der Waals surface area contributed by atoms with Gasteiger partial charge in [0.15, 0.2) is 0 Å². The van der Waals surface area contributed by atoms with Crippen LogP contribution >= 0.6 is 0 Å². The molecular weight excluding hydrogens is 566 g/mol. The van der Waals surface area contributed by atoms with Crippen molar-refractivity contribution in [2.24, 2.45) is 16.7 Å². The summed E-state index contributed by atoms with van der Waals surface area (Å²) in [5.41, 5.74) is -3.42. The van der Waals surface area contributed by atoms with Crippen LogP contribution in [0, 0.1) is 22.6 Å². The maximum atomic E-state index is 15.2. The molecule has 2 aliphatic heterocycles. The number of esters is 1. The van der Waals surface area contributed by atoms with Gasteiger partial charge in [0.05, 0.1) is 18.8 Å². The monoisotopic (exact) mass is 606 g/mol. The molecule has 0 unspecified atom stereocenters. The molecule has 1 N–H and O–H groups in total. The predicted octanol–water partition coefficient (Wildman–Crippen LogP) is 6.23. The number of nitrogens with one attached hydrogen (secondary N) is 1. The highest BCUT2D eigenvalue weighted by Crippen LogP contribution is 2.46. The van der Waals surface area contributed by atoms with Crippen molar-refractivity contribution in [2.45, 2.75) is 90.5 Å². The molecule has 2 heterocycles. The maximum absolute atomic E-state index is 15.2. The minimum absolute atomic E-state index is 0.00537. The molecule has 3 fully saturated rings. The molecular formula is C30H40F6N2O4. The van der Waals surface area contributed by atoms with E-state index < -0.39 is 46.2 Å². The van der Waals surface area contributed by atoms with Gasteiger partial charge in [-0.15, -0.1) is 0 Å². The van der Waals surface area contributed by atoms with Crippen LogP contribution in [0.2, 0.25) is 0 Å². The Balaban J connectivity index is 1.49. The third-order valence-electron chi connectivity index (χ3n) is 8.89. The molecule has 1 aliphatic carbocycles. The fourth-order valence-electron chi connectivity index (χ4n) is 6.18. The number of nitrogens with zero attached hydrogens (tertiary/aromatic N) is 1. The molecule has 42 heavy (non-hydrogen) atoms. The third kappa shape index (κ3) is 6.59. The van der Waals surface area contributed by atoms with Gasteiger partial charge in [-0.2, -0.15) is 13.2 Å². The quantitative estimate of drug-likeness (QED) is 0.295. The van der Waals surface area contributed by atoms with Gasteiger partial charge in [0.2, 0.25) is 11.8 Å². The molecule has 12 heteroatoms. The minimum Gasteiger partial charge on any atom is -0.456 e. The molecule has 1 aromatic rings. The molecule has 1 atom stereocenters. The van der Waals surface area contributed by atoms with Crippen LogP contribution in [-0.4, -0.2) is 67.3 Å². The number of halogens is 6. The van der Waals surface area contributed by atoms with Crippen LogP contribution in [-0.2, 0) is 20.9 Å². The van der Waals surface area contributed by atoms with E-state index in [0.29, 0.717) is 18.7 Å². The highest BCUT2D eigenvalue weighted by atomic mass is 19.4. The normalized spacial score (nSPS) is 22.7.